The lowest BCUT2D eigenvalue weighted by Crippen LogP contribution is -2.29. The number of rotatable bonds is 9. The average molecular weight is 462 g/mol. The number of aliphatic carboxylic acids is 1. The highest BCUT2D eigenvalue weighted by atomic mass is 32.2. The van der Waals surface area contributed by atoms with Crippen LogP contribution in [0, 0.1) is 5.82 Å². The first-order valence-electron chi connectivity index (χ1n) is 9.40. The zero-order valence-electron chi connectivity index (χ0n) is 16.7. The largest absolute Gasteiger partial charge is 0.496 e. The summed E-state index contributed by atoms with van der Waals surface area (Å²) in [6.07, 6.45) is 2.05. The zero-order chi connectivity index (χ0) is 22.4. The topological polar surface area (TPSA) is 76.1 Å². The van der Waals surface area contributed by atoms with E-state index in [-0.39, 0.29) is 31.3 Å². The van der Waals surface area contributed by atoms with Gasteiger partial charge in [-0.25, -0.2) is 4.39 Å². The second-order valence-electron chi connectivity index (χ2n) is 6.64. The molecule has 1 aliphatic rings. The number of amides is 1. The molecule has 1 heterocycles. The molecule has 1 aliphatic heterocycles. The number of methoxy groups -OCH3 is 1. The molecule has 2 aromatic carbocycles. The third-order valence-corrected chi connectivity index (χ3v) is 5.83. The minimum Gasteiger partial charge on any atom is -0.496 e. The quantitative estimate of drug-likeness (QED) is 0.436. The Morgan fingerprint density at radius 2 is 2.00 bits per heavy atom. The van der Waals surface area contributed by atoms with Crippen molar-refractivity contribution in [2.24, 2.45) is 0 Å². The molecule has 1 fully saturated rings. The summed E-state index contributed by atoms with van der Waals surface area (Å²) < 4.78 is 24.6. The van der Waals surface area contributed by atoms with E-state index in [4.69, 9.17) is 26.8 Å². The van der Waals surface area contributed by atoms with Crippen LogP contribution in [0.5, 0.6) is 11.5 Å². The first kappa shape index (κ1) is 22.8. The van der Waals surface area contributed by atoms with Crippen molar-refractivity contribution in [3.63, 3.8) is 0 Å². The third-order valence-electron chi connectivity index (χ3n) is 4.46. The average Bonchev–Trinajstić information content (AvgIpc) is 3.00. The van der Waals surface area contributed by atoms with Crippen LogP contribution in [0.25, 0.3) is 6.08 Å². The highest BCUT2D eigenvalue weighted by Gasteiger charge is 2.31. The van der Waals surface area contributed by atoms with Crippen molar-refractivity contribution in [3.05, 3.63) is 64.3 Å². The fourth-order valence-corrected chi connectivity index (χ4v) is 4.23. The number of hydrogen-bond donors (Lipinski definition) is 1. The Balaban J connectivity index is 1.73. The van der Waals surface area contributed by atoms with Crippen LogP contribution in [0.4, 0.5) is 4.39 Å². The van der Waals surface area contributed by atoms with Crippen LogP contribution in [-0.4, -0.2) is 39.9 Å². The molecule has 162 valence electrons. The van der Waals surface area contributed by atoms with Crippen molar-refractivity contribution in [1.82, 2.24) is 4.90 Å². The summed E-state index contributed by atoms with van der Waals surface area (Å²) in [5.74, 6) is -0.335. The SMILES string of the molecule is COc1ccc(/C=C2\SC(=S)N(CCCC(=O)O)C2=O)cc1COc1ccc(F)cc1. The van der Waals surface area contributed by atoms with Gasteiger partial charge in [-0.1, -0.05) is 30.0 Å². The molecule has 3 rings (SSSR count). The highest BCUT2D eigenvalue weighted by molar-refractivity contribution is 8.26. The smallest absolute Gasteiger partial charge is 0.303 e. The first-order valence-corrected chi connectivity index (χ1v) is 10.6. The lowest BCUT2D eigenvalue weighted by molar-refractivity contribution is -0.137. The first-order chi connectivity index (χ1) is 14.9. The number of carbonyl (C=O) groups excluding carboxylic acids is 1. The van der Waals surface area contributed by atoms with E-state index in [9.17, 15) is 14.0 Å². The summed E-state index contributed by atoms with van der Waals surface area (Å²) in [5.41, 5.74) is 1.53. The van der Waals surface area contributed by atoms with Gasteiger partial charge >= 0.3 is 5.97 Å². The van der Waals surface area contributed by atoms with E-state index in [1.54, 1.807) is 31.4 Å². The van der Waals surface area contributed by atoms with Crippen molar-refractivity contribution in [2.75, 3.05) is 13.7 Å². The van der Waals surface area contributed by atoms with Crippen LogP contribution in [0.2, 0.25) is 0 Å². The Kier molecular flexibility index (Phi) is 7.64. The van der Waals surface area contributed by atoms with Crippen molar-refractivity contribution >= 4 is 46.3 Å². The minimum atomic E-state index is -0.908. The maximum Gasteiger partial charge on any atom is 0.303 e. The van der Waals surface area contributed by atoms with Crippen molar-refractivity contribution in [3.8, 4) is 11.5 Å². The van der Waals surface area contributed by atoms with Crippen LogP contribution in [-0.2, 0) is 16.2 Å². The molecule has 0 atom stereocenters. The number of carboxylic acid groups (broad SMARTS) is 1. The second kappa shape index (κ2) is 10.4. The van der Waals surface area contributed by atoms with Crippen molar-refractivity contribution in [2.45, 2.75) is 19.4 Å². The number of benzene rings is 2. The lowest BCUT2D eigenvalue weighted by Gasteiger charge is -2.13. The number of thiocarbonyl (C=S) groups is 1. The van der Waals surface area contributed by atoms with E-state index in [0.29, 0.717) is 27.1 Å². The van der Waals surface area contributed by atoms with Crippen molar-refractivity contribution < 1.29 is 28.6 Å². The van der Waals surface area contributed by atoms with E-state index in [0.717, 1.165) is 11.1 Å². The molecule has 0 unspecified atom stereocenters. The predicted molar refractivity (Wildman–Crippen MR) is 120 cm³/mol. The molecule has 0 radical (unpaired) electrons. The maximum absolute atomic E-state index is 13.1. The summed E-state index contributed by atoms with van der Waals surface area (Å²) in [5, 5.41) is 8.77. The van der Waals surface area contributed by atoms with E-state index in [1.165, 1.54) is 28.8 Å². The molecule has 0 saturated carbocycles. The van der Waals surface area contributed by atoms with Crippen LogP contribution >= 0.6 is 24.0 Å². The molecule has 1 saturated heterocycles. The molecular formula is C22H20FNO5S2. The molecule has 0 spiro atoms. The number of carbonyl (C=O) groups is 2. The number of halogens is 1. The molecule has 31 heavy (non-hydrogen) atoms. The molecule has 2 aromatic rings. The van der Waals surface area contributed by atoms with Crippen LogP contribution in [0.3, 0.4) is 0 Å². The molecule has 6 nitrogen and oxygen atoms in total. The van der Waals surface area contributed by atoms with Crippen LogP contribution in [0.15, 0.2) is 47.4 Å². The molecule has 9 heteroatoms. The van der Waals surface area contributed by atoms with Gasteiger partial charge in [0.1, 0.15) is 28.2 Å². The maximum atomic E-state index is 13.1. The van der Waals surface area contributed by atoms with Gasteiger partial charge in [-0.15, -0.1) is 0 Å². The van der Waals surface area contributed by atoms with Gasteiger partial charge in [-0.05, 0) is 54.5 Å². The molecule has 0 bridgehead atoms. The molecule has 0 aliphatic carbocycles. The normalized spacial score (nSPS) is 14.9. The summed E-state index contributed by atoms with van der Waals surface area (Å²) in [6, 6.07) is 11.2. The van der Waals surface area contributed by atoms with E-state index >= 15 is 0 Å². The fourth-order valence-electron chi connectivity index (χ4n) is 2.93. The van der Waals surface area contributed by atoms with Gasteiger partial charge in [0.15, 0.2) is 0 Å². The van der Waals surface area contributed by atoms with E-state index in [1.807, 2.05) is 12.1 Å². The van der Waals surface area contributed by atoms with Crippen LogP contribution < -0.4 is 9.47 Å². The van der Waals surface area contributed by atoms with Gasteiger partial charge in [-0.2, -0.15) is 0 Å². The Labute approximate surface area is 188 Å². The second-order valence-corrected chi connectivity index (χ2v) is 8.32. The minimum absolute atomic E-state index is 0.0218. The summed E-state index contributed by atoms with van der Waals surface area (Å²) in [6.45, 7) is 0.473. The van der Waals surface area contributed by atoms with E-state index in [2.05, 4.69) is 0 Å². The van der Waals surface area contributed by atoms with Gasteiger partial charge < -0.3 is 14.6 Å². The molecule has 0 aromatic heterocycles. The molecule has 1 amide bonds. The number of thioether (sulfide) groups is 1. The Bertz CT molecular complexity index is 1020. The summed E-state index contributed by atoms with van der Waals surface area (Å²) in [4.78, 5) is 25.3. The number of carboxylic acids is 1. The summed E-state index contributed by atoms with van der Waals surface area (Å²) in [7, 11) is 1.55. The molecule has 1 N–H and O–H groups in total. The van der Waals surface area contributed by atoms with Gasteiger partial charge in [0.05, 0.1) is 12.0 Å². The standard InChI is InChI=1S/C22H20FNO5S2/c1-28-18-9-4-14(11-15(18)13-29-17-7-5-16(23)6-8-17)12-19-21(27)24(22(30)31-19)10-2-3-20(25)26/h4-9,11-12H,2-3,10,13H2,1H3,(H,25,26)/b19-12-. The van der Waals surface area contributed by atoms with Crippen LogP contribution in [0.1, 0.15) is 24.0 Å². The predicted octanol–water partition coefficient (Wildman–Crippen LogP) is 4.48. The lowest BCUT2D eigenvalue weighted by atomic mass is 10.1. The van der Waals surface area contributed by atoms with Gasteiger partial charge in [-0.3, -0.25) is 14.5 Å². The Morgan fingerprint density at radius 3 is 2.68 bits per heavy atom. The monoisotopic (exact) mass is 461 g/mol. The Hall–Kier alpha value is -2.91. The number of hydrogen-bond acceptors (Lipinski definition) is 6. The van der Waals surface area contributed by atoms with Gasteiger partial charge in [0.25, 0.3) is 5.91 Å². The number of ether oxygens (including phenoxy) is 2. The molecular weight excluding hydrogens is 441 g/mol. The number of nitrogens with zero attached hydrogens (tertiary/aromatic N) is 1. The van der Waals surface area contributed by atoms with Crippen molar-refractivity contribution in [1.29, 1.82) is 0 Å². The van der Waals surface area contributed by atoms with Gasteiger partial charge in [0, 0.05) is 18.5 Å². The third kappa shape index (κ3) is 6.05. The summed E-state index contributed by atoms with van der Waals surface area (Å²) >= 11 is 6.46. The highest BCUT2D eigenvalue weighted by Crippen LogP contribution is 2.33. The Morgan fingerprint density at radius 1 is 1.26 bits per heavy atom. The van der Waals surface area contributed by atoms with Gasteiger partial charge in [0.2, 0.25) is 0 Å². The van der Waals surface area contributed by atoms with E-state index < -0.39 is 5.97 Å². The fraction of sp³-hybridized carbons (Fsp3) is 0.227. The zero-order valence-corrected chi connectivity index (χ0v) is 18.3.